The number of halogens is 1. The van der Waals surface area contributed by atoms with Gasteiger partial charge in [-0.3, -0.25) is 9.79 Å². The lowest BCUT2D eigenvalue weighted by molar-refractivity contribution is -0.116. The van der Waals surface area contributed by atoms with Crippen molar-refractivity contribution in [1.82, 2.24) is 0 Å². The van der Waals surface area contributed by atoms with Crippen LogP contribution in [0.2, 0.25) is 0 Å². The number of Topliss-reactive ketones (excluding diaryl/α,β-unsaturated/α-hetero) is 1. The Morgan fingerprint density at radius 1 is 1.33 bits per heavy atom. The molecule has 1 aliphatic carbocycles. The van der Waals surface area contributed by atoms with Crippen molar-refractivity contribution < 1.29 is 9.90 Å². The van der Waals surface area contributed by atoms with Gasteiger partial charge in [0.1, 0.15) is 5.76 Å². The van der Waals surface area contributed by atoms with E-state index in [9.17, 15) is 9.90 Å². The average Bonchev–Trinajstić information content (AvgIpc) is 2.30. The second kappa shape index (κ2) is 5.48. The van der Waals surface area contributed by atoms with E-state index in [0.29, 0.717) is 18.4 Å². The molecule has 1 aromatic carbocycles. The van der Waals surface area contributed by atoms with Crippen molar-refractivity contribution in [2.75, 3.05) is 0 Å². The molecule has 0 saturated heterocycles. The molecule has 1 atom stereocenters. The predicted octanol–water partition coefficient (Wildman–Crippen LogP) is 3.96. The van der Waals surface area contributed by atoms with Crippen LogP contribution in [0.4, 0.5) is 5.69 Å². The first kappa shape index (κ1) is 13.0. The van der Waals surface area contributed by atoms with Crippen LogP contribution in [0.15, 0.2) is 45.1 Å². The fraction of sp³-hybridized carbons (Fsp3) is 0.286. The second-order valence-corrected chi connectivity index (χ2v) is 5.45. The van der Waals surface area contributed by atoms with Gasteiger partial charge in [0.05, 0.1) is 11.3 Å². The Morgan fingerprint density at radius 3 is 2.61 bits per heavy atom. The summed E-state index contributed by atoms with van der Waals surface area (Å²) in [5.41, 5.74) is 1.10. The first-order valence-corrected chi connectivity index (χ1v) is 6.60. The van der Waals surface area contributed by atoms with E-state index in [1.165, 1.54) is 6.21 Å². The van der Waals surface area contributed by atoms with Gasteiger partial charge in [-0.05, 0) is 30.2 Å². The first-order chi connectivity index (χ1) is 8.56. The van der Waals surface area contributed by atoms with Crippen molar-refractivity contribution in [2.24, 2.45) is 10.9 Å². The zero-order valence-corrected chi connectivity index (χ0v) is 11.6. The van der Waals surface area contributed by atoms with Crippen molar-refractivity contribution in [3.8, 4) is 0 Å². The number of allylic oxidation sites excluding steroid dienone is 2. The predicted molar refractivity (Wildman–Crippen MR) is 75.4 cm³/mol. The molecule has 0 fully saturated rings. The summed E-state index contributed by atoms with van der Waals surface area (Å²) in [6.45, 7) is 1.96. The normalized spacial score (nSPS) is 20.8. The van der Waals surface area contributed by atoms with E-state index in [1.807, 2.05) is 31.2 Å². The molecule has 94 valence electrons. The van der Waals surface area contributed by atoms with Gasteiger partial charge in [0.15, 0.2) is 5.78 Å². The van der Waals surface area contributed by atoms with Crippen molar-refractivity contribution in [3.05, 3.63) is 40.1 Å². The van der Waals surface area contributed by atoms with Crippen LogP contribution in [-0.2, 0) is 4.79 Å². The van der Waals surface area contributed by atoms with Gasteiger partial charge in [-0.2, -0.15) is 0 Å². The standard InChI is InChI=1S/C14H14BrNO2/c1-9-6-13(17)12(14(18)7-9)8-16-11-4-2-10(15)3-5-11/h2-5,8-9,17H,6-7H2,1H3. The van der Waals surface area contributed by atoms with Crippen molar-refractivity contribution in [3.63, 3.8) is 0 Å². The van der Waals surface area contributed by atoms with Crippen molar-refractivity contribution in [1.29, 1.82) is 0 Å². The highest BCUT2D eigenvalue weighted by molar-refractivity contribution is 9.10. The second-order valence-electron chi connectivity index (χ2n) is 4.53. The van der Waals surface area contributed by atoms with Crippen molar-refractivity contribution >= 4 is 33.6 Å². The molecule has 0 radical (unpaired) electrons. The molecule has 0 heterocycles. The lowest BCUT2D eigenvalue weighted by Gasteiger charge is -2.17. The quantitative estimate of drug-likeness (QED) is 0.841. The molecule has 0 aliphatic heterocycles. The third kappa shape index (κ3) is 3.07. The summed E-state index contributed by atoms with van der Waals surface area (Å²) in [5, 5.41) is 9.79. The van der Waals surface area contributed by atoms with Crippen LogP contribution in [0.1, 0.15) is 19.8 Å². The smallest absolute Gasteiger partial charge is 0.168 e. The molecular formula is C14H14BrNO2. The maximum absolute atomic E-state index is 11.8. The van der Waals surface area contributed by atoms with Gasteiger partial charge in [0.25, 0.3) is 0 Å². The number of ketones is 1. The van der Waals surface area contributed by atoms with Gasteiger partial charge < -0.3 is 5.11 Å². The zero-order valence-electron chi connectivity index (χ0n) is 10.1. The Kier molecular flexibility index (Phi) is 3.97. The third-order valence-corrected chi connectivity index (χ3v) is 3.38. The first-order valence-electron chi connectivity index (χ1n) is 5.81. The molecule has 1 N–H and O–H groups in total. The Bertz CT molecular complexity index is 517. The largest absolute Gasteiger partial charge is 0.511 e. The van der Waals surface area contributed by atoms with Crippen LogP contribution in [0, 0.1) is 5.92 Å². The molecule has 0 aromatic heterocycles. The number of hydrogen-bond donors (Lipinski definition) is 1. The third-order valence-electron chi connectivity index (χ3n) is 2.86. The van der Waals surface area contributed by atoms with Gasteiger partial charge in [-0.15, -0.1) is 0 Å². The highest BCUT2D eigenvalue weighted by atomic mass is 79.9. The van der Waals surface area contributed by atoms with E-state index < -0.39 is 0 Å². The van der Waals surface area contributed by atoms with Gasteiger partial charge in [0, 0.05) is 23.5 Å². The van der Waals surface area contributed by atoms with Crippen LogP contribution in [0.25, 0.3) is 0 Å². The molecule has 0 bridgehead atoms. The Labute approximate surface area is 114 Å². The number of aliphatic hydroxyl groups is 1. The summed E-state index contributed by atoms with van der Waals surface area (Å²) >= 11 is 3.34. The molecule has 0 amide bonds. The molecule has 1 aliphatic rings. The van der Waals surface area contributed by atoms with Crippen LogP contribution in [-0.4, -0.2) is 17.1 Å². The molecule has 1 unspecified atom stereocenters. The maximum atomic E-state index is 11.8. The summed E-state index contributed by atoms with van der Waals surface area (Å²) < 4.78 is 0.978. The van der Waals surface area contributed by atoms with Gasteiger partial charge in [0.2, 0.25) is 0 Å². The van der Waals surface area contributed by atoms with Crippen molar-refractivity contribution in [2.45, 2.75) is 19.8 Å². The molecule has 3 nitrogen and oxygen atoms in total. The van der Waals surface area contributed by atoms with Gasteiger partial charge in [-0.25, -0.2) is 0 Å². The number of aliphatic imine (C=N–C) groups is 1. The monoisotopic (exact) mass is 307 g/mol. The molecule has 18 heavy (non-hydrogen) atoms. The van der Waals surface area contributed by atoms with E-state index in [-0.39, 0.29) is 17.5 Å². The summed E-state index contributed by atoms with van der Waals surface area (Å²) in [6.07, 6.45) is 2.49. The number of rotatable bonds is 2. The van der Waals surface area contributed by atoms with E-state index in [1.54, 1.807) is 0 Å². The number of nitrogens with zero attached hydrogens (tertiary/aromatic N) is 1. The minimum atomic E-state index is -0.0351. The van der Waals surface area contributed by atoms with Gasteiger partial charge >= 0.3 is 0 Å². The SMILES string of the molecule is CC1CC(=O)C(C=Nc2ccc(Br)cc2)=C(O)C1. The summed E-state index contributed by atoms with van der Waals surface area (Å²) in [4.78, 5) is 16.0. The lowest BCUT2D eigenvalue weighted by Crippen LogP contribution is -2.18. The molecule has 4 heteroatoms. The summed E-state index contributed by atoms with van der Waals surface area (Å²) in [7, 11) is 0. The highest BCUT2D eigenvalue weighted by Crippen LogP contribution is 2.25. The Morgan fingerprint density at radius 2 is 2.00 bits per heavy atom. The van der Waals surface area contributed by atoms with E-state index in [4.69, 9.17) is 0 Å². The Balaban J connectivity index is 2.20. The number of benzene rings is 1. The lowest BCUT2D eigenvalue weighted by atomic mass is 9.89. The molecular weight excluding hydrogens is 294 g/mol. The number of hydrogen-bond acceptors (Lipinski definition) is 3. The van der Waals surface area contributed by atoms with Crippen LogP contribution in [0.3, 0.4) is 0 Å². The molecule has 0 spiro atoms. The van der Waals surface area contributed by atoms with E-state index in [0.717, 1.165) is 10.2 Å². The number of aliphatic hydroxyl groups excluding tert-OH is 1. The molecule has 0 saturated carbocycles. The molecule has 2 rings (SSSR count). The Hall–Kier alpha value is -1.42. The summed E-state index contributed by atoms with van der Waals surface area (Å²) in [6, 6.07) is 7.44. The maximum Gasteiger partial charge on any atom is 0.168 e. The van der Waals surface area contributed by atoms with Crippen LogP contribution in [0.5, 0.6) is 0 Å². The minimum absolute atomic E-state index is 0.0351. The van der Waals surface area contributed by atoms with Crippen LogP contribution >= 0.6 is 15.9 Å². The van der Waals surface area contributed by atoms with E-state index >= 15 is 0 Å². The minimum Gasteiger partial charge on any atom is -0.511 e. The summed E-state index contributed by atoms with van der Waals surface area (Å²) in [5.74, 6) is 0.328. The topological polar surface area (TPSA) is 49.7 Å². The average molecular weight is 308 g/mol. The van der Waals surface area contributed by atoms with Crippen LogP contribution < -0.4 is 0 Å². The number of carbonyl (C=O) groups is 1. The number of carbonyl (C=O) groups excluding carboxylic acids is 1. The highest BCUT2D eigenvalue weighted by Gasteiger charge is 2.23. The zero-order chi connectivity index (χ0) is 13.1. The fourth-order valence-electron chi connectivity index (χ4n) is 1.91. The van der Waals surface area contributed by atoms with Gasteiger partial charge in [-0.1, -0.05) is 22.9 Å². The van der Waals surface area contributed by atoms with E-state index in [2.05, 4.69) is 20.9 Å². The molecule has 1 aromatic rings. The fourth-order valence-corrected chi connectivity index (χ4v) is 2.18.